The summed E-state index contributed by atoms with van der Waals surface area (Å²) >= 11 is 0. The molecule has 1 amide bonds. The Morgan fingerprint density at radius 3 is 2.89 bits per heavy atom. The Morgan fingerprint density at radius 1 is 1.32 bits per heavy atom. The number of rotatable bonds is 6. The van der Waals surface area contributed by atoms with E-state index in [1.54, 1.807) is 18.3 Å². The zero-order chi connectivity index (χ0) is 26.2. The van der Waals surface area contributed by atoms with Crippen LogP contribution in [0.15, 0.2) is 42.6 Å². The molecule has 3 heterocycles. The van der Waals surface area contributed by atoms with Crippen molar-refractivity contribution in [3.8, 4) is 17.3 Å². The number of likely N-dealkylation sites (N-methyl/N-ethyl adjacent to an activating group) is 1. The normalized spacial score (nSPS) is 20.7. The van der Waals surface area contributed by atoms with Crippen molar-refractivity contribution < 1.29 is 9.90 Å². The van der Waals surface area contributed by atoms with Gasteiger partial charge in [0.15, 0.2) is 0 Å². The van der Waals surface area contributed by atoms with Crippen LogP contribution in [0, 0.1) is 18.3 Å². The van der Waals surface area contributed by atoms with E-state index in [4.69, 9.17) is 4.98 Å². The summed E-state index contributed by atoms with van der Waals surface area (Å²) in [5.74, 6) is 0.290. The van der Waals surface area contributed by atoms with E-state index in [9.17, 15) is 15.2 Å². The molecule has 0 saturated carbocycles. The molecule has 2 aliphatic rings. The number of nitrogens with zero attached hydrogens (tertiary/aromatic N) is 4. The highest BCUT2D eigenvalue weighted by Gasteiger charge is 2.36. The van der Waals surface area contributed by atoms with Crippen LogP contribution in [-0.4, -0.2) is 65.2 Å². The third-order valence-electron chi connectivity index (χ3n) is 7.34. The number of aliphatic hydroxyl groups is 1. The molecule has 0 spiro atoms. The molecule has 190 valence electrons. The lowest BCUT2D eigenvalue weighted by molar-refractivity contribution is 0.0938. The summed E-state index contributed by atoms with van der Waals surface area (Å²) < 4.78 is 0. The molecule has 0 radical (unpaired) electrons. The van der Waals surface area contributed by atoms with Crippen molar-refractivity contribution in [2.24, 2.45) is 0 Å². The standard InChI is InChI=1S/C28H31N7O2/c1-17-4-5-18(26(37)32-21-7-9-35(3)14-21)12-24(17)34-27-30-8-6-23(33-27)19-10-20(13-29)25-22(11-19)28(2,16-36)15-31-25/h4-6,8,10-12,21,31,36H,7,9,14-16H2,1-3H3,(H,32,37)(H,30,33,34)/t21?,28-/m1/s1. The predicted octanol–water partition coefficient (Wildman–Crippen LogP) is 3.18. The number of likely N-dealkylation sites (tertiary alicyclic amines) is 1. The summed E-state index contributed by atoms with van der Waals surface area (Å²) in [4.78, 5) is 24.1. The Balaban J connectivity index is 1.41. The second-order valence-corrected chi connectivity index (χ2v) is 10.3. The van der Waals surface area contributed by atoms with Crippen LogP contribution in [0.5, 0.6) is 0 Å². The Morgan fingerprint density at radius 2 is 2.16 bits per heavy atom. The van der Waals surface area contributed by atoms with Crippen LogP contribution in [0.4, 0.5) is 17.3 Å². The highest BCUT2D eigenvalue weighted by atomic mass is 16.3. The quantitative estimate of drug-likeness (QED) is 0.409. The minimum absolute atomic E-state index is 0.0292. The first kappa shape index (κ1) is 24.7. The van der Waals surface area contributed by atoms with Crippen LogP contribution in [0.3, 0.4) is 0 Å². The molecule has 2 atom stereocenters. The second-order valence-electron chi connectivity index (χ2n) is 10.3. The fraction of sp³-hybridized carbons (Fsp3) is 0.357. The molecule has 5 rings (SSSR count). The van der Waals surface area contributed by atoms with Crippen LogP contribution in [0.1, 0.15) is 40.4 Å². The van der Waals surface area contributed by atoms with Gasteiger partial charge in [0.2, 0.25) is 5.95 Å². The summed E-state index contributed by atoms with van der Waals surface area (Å²) in [6.07, 6.45) is 2.61. The second kappa shape index (κ2) is 9.81. The molecular weight excluding hydrogens is 466 g/mol. The number of aromatic nitrogens is 2. The summed E-state index contributed by atoms with van der Waals surface area (Å²) in [7, 11) is 2.06. The maximum absolute atomic E-state index is 12.9. The van der Waals surface area contributed by atoms with Crippen molar-refractivity contribution in [2.45, 2.75) is 31.7 Å². The fourth-order valence-electron chi connectivity index (χ4n) is 4.98. The van der Waals surface area contributed by atoms with Gasteiger partial charge >= 0.3 is 0 Å². The lowest BCUT2D eigenvalue weighted by Crippen LogP contribution is -2.36. The van der Waals surface area contributed by atoms with Gasteiger partial charge in [0, 0.05) is 47.6 Å². The third kappa shape index (κ3) is 4.86. The van der Waals surface area contributed by atoms with E-state index in [0.29, 0.717) is 29.3 Å². The van der Waals surface area contributed by atoms with E-state index in [1.165, 1.54) is 0 Å². The average Bonchev–Trinajstić information content (AvgIpc) is 3.47. The molecular formula is C28H31N7O2. The van der Waals surface area contributed by atoms with E-state index >= 15 is 0 Å². The molecule has 37 heavy (non-hydrogen) atoms. The Kier molecular flexibility index (Phi) is 6.54. The first-order valence-electron chi connectivity index (χ1n) is 12.4. The predicted molar refractivity (Wildman–Crippen MR) is 143 cm³/mol. The molecule has 1 unspecified atom stereocenters. The van der Waals surface area contributed by atoms with E-state index in [1.807, 2.05) is 38.1 Å². The first-order chi connectivity index (χ1) is 17.8. The Hall–Kier alpha value is -4.00. The third-order valence-corrected chi connectivity index (χ3v) is 7.34. The molecule has 3 aromatic rings. The largest absolute Gasteiger partial charge is 0.395 e. The van der Waals surface area contributed by atoms with Gasteiger partial charge in [-0.25, -0.2) is 9.97 Å². The maximum atomic E-state index is 12.9. The van der Waals surface area contributed by atoms with Crippen LogP contribution in [0.2, 0.25) is 0 Å². The highest BCUT2D eigenvalue weighted by Crippen LogP contribution is 2.41. The summed E-state index contributed by atoms with van der Waals surface area (Å²) in [5.41, 5.74) is 5.42. The number of hydrogen-bond donors (Lipinski definition) is 4. The van der Waals surface area contributed by atoms with Gasteiger partial charge in [-0.2, -0.15) is 5.26 Å². The Labute approximate surface area is 216 Å². The zero-order valence-corrected chi connectivity index (χ0v) is 21.3. The van der Waals surface area contributed by atoms with E-state index in [-0.39, 0.29) is 18.6 Å². The minimum atomic E-state index is -0.475. The lowest BCUT2D eigenvalue weighted by atomic mass is 9.83. The van der Waals surface area contributed by atoms with Gasteiger partial charge < -0.3 is 26.0 Å². The van der Waals surface area contributed by atoms with Gasteiger partial charge in [-0.15, -0.1) is 0 Å². The van der Waals surface area contributed by atoms with Gasteiger partial charge in [-0.3, -0.25) is 4.79 Å². The topological polar surface area (TPSA) is 126 Å². The zero-order valence-electron chi connectivity index (χ0n) is 21.3. The van der Waals surface area contributed by atoms with E-state index < -0.39 is 5.41 Å². The number of fused-ring (bicyclic) bond motifs is 1. The number of nitrogens with one attached hydrogen (secondary N) is 3. The molecule has 2 aliphatic heterocycles. The smallest absolute Gasteiger partial charge is 0.251 e. The number of amides is 1. The molecule has 0 aliphatic carbocycles. The minimum Gasteiger partial charge on any atom is -0.395 e. The van der Waals surface area contributed by atoms with Crippen molar-refractivity contribution in [2.75, 3.05) is 43.9 Å². The van der Waals surface area contributed by atoms with Gasteiger partial charge in [-0.05, 0) is 68.4 Å². The molecule has 0 bridgehead atoms. The average molecular weight is 498 g/mol. The van der Waals surface area contributed by atoms with Crippen molar-refractivity contribution in [3.05, 3.63) is 64.8 Å². The number of benzene rings is 2. The molecule has 1 saturated heterocycles. The number of hydrogen-bond acceptors (Lipinski definition) is 8. The van der Waals surface area contributed by atoms with Crippen molar-refractivity contribution in [3.63, 3.8) is 0 Å². The van der Waals surface area contributed by atoms with Crippen molar-refractivity contribution >= 4 is 23.2 Å². The Bertz CT molecular complexity index is 1400. The van der Waals surface area contributed by atoms with Crippen LogP contribution in [-0.2, 0) is 5.41 Å². The lowest BCUT2D eigenvalue weighted by Gasteiger charge is -2.21. The highest BCUT2D eigenvalue weighted by molar-refractivity contribution is 5.95. The number of nitriles is 1. The van der Waals surface area contributed by atoms with Gasteiger partial charge in [-0.1, -0.05) is 13.0 Å². The SMILES string of the molecule is Cc1ccc(C(=O)NC2CCN(C)C2)cc1Nc1nccc(-c2cc(C#N)c3c(c2)[C@@](C)(CO)CN3)n1. The maximum Gasteiger partial charge on any atom is 0.251 e. The molecule has 1 fully saturated rings. The molecule has 4 N–H and O–H groups in total. The number of carbonyl (C=O) groups excluding carboxylic acids is 1. The number of anilines is 3. The first-order valence-corrected chi connectivity index (χ1v) is 12.4. The van der Waals surface area contributed by atoms with Crippen molar-refractivity contribution in [1.29, 1.82) is 5.26 Å². The summed E-state index contributed by atoms with van der Waals surface area (Å²) in [6, 6.07) is 13.5. The van der Waals surface area contributed by atoms with Crippen LogP contribution >= 0.6 is 0 Å². The number of aryl methyl sites for hydroxylation is 1. The van der Waals surface area contributed by atoms with E-state index in [2.05, 4.69) is 39.0 Å². The number of carbonyl (C=O) groups is 1. The molecule has 9 heteroatoms. The van der Waals surface area contributed by atoms with Gasteiger partial charge in [0.1, 0.15) is 6.07 Å². The van der Waals surface area contributed by atoms with E-state index in [0.717, 1.165) is 47.6 Å². The molecule has 9 nitrogen and oxygen atoms in total. The summed E-state index contributed by atoms with van der Waals surface area (Å²) in [5, 5.41) is 29.4. The number of aliphatic hydroxyl groups excluding tert-OH is 1. The van der Waals surface area contributed by atoms with Gasteiger partial charge in [0.05, 0.1) is 23.6 Å². The molecule has 2 aromatic carbocycles. The van der Waals surface area contributed by atoms with Crippen molar-refractivity contribution in [1.82, 2.24) is 20.2 Å². The fourth-order valence-corrected chi connectivity index (χ4v) is 4.98. The van der Waals surface area contributed by atoms with Gasteiger partial charge in [0.25, 0.3) is 5.91 Å². The summed E-state index contributed by atoms with van der Waals surface area (Å²) in [6.45, 7) is 6.30. The monoisotopic (exact) mass is 497 g/mol. The van der Waals surface area contributed by atoms with Crippen LogP contribution in [0.25, 0.3) is 11.3 Å². The molecule has 1 aromatic heterocycles. The van der Waals surface area contributed by atoms with Crippen LogP contribution < -0.4 is 16.0 Å².